The number of Topliss-reactive ketones (excluding diaryl/α,β-unsaturated/α-hetero) is 2. The van der Waals surface area contributed by atoms with Crippen LogP contribution >= 0.6 is 0 Å². The molecule has 0 N–H and O–H groups in total. The molecule has 0 bridgehead atoms. The number of hydrogen-bond donors (Lipinski definition) is 0. The molecule has 1 aromatic rings. The first-order valence-electron chi connectivity index (χ1n) is 5.66. The summed E-state index contributed by atoms with van der Waals surface area (Å²) in [5, 5.41) is 0. The lowest BCUT2D eigenvalue weighted by molar-refractivity contribution is -0.123. The maximum atomic E-state index is 11.3. The SMILES string of the molecule is CC.CC(=O)CC(C(C)=O)c1ccccc1. The lowest BCUT2D eigenvalue weighted by atomic mass is 9.91. The van der Waals surface area contributed by atoms with Gasteiger partial charge >= 0.3 is 0 Å². The summed E-state index contributed by atoms with van der Waals surface area (Å²) in [5.41, 5.74) is 0.926. The van der Waals surface area contributed by atoms with E-state index in [-0.39, 0.29) is 17.5 Å². The highest BCUT2D eigenvalue weighted by Gasteiger charge is 2.17. The molecule has 16 heavy (non-hydrogen) atoms. The smallest absolute Gasteiger partial charge is 0.137 e. The number of benzene rings is 1. The lowest BCUT2D eigenvalue weighted by Gasteiger charge is -2.11. The van der Waals surface area contributed by atoms with Crippen LogP contribution in [-0.2, 0) is 9.59 Å². The van der Waals surface area contributed by atoms with Gasteiger partial charge in [-0.3, -0.25) is 9.59 Å². The molecule has 1 atom stereocenters. The first-order valence-corrected chi connectivity index (χ1v) is 5.66. The molecule has 0 aliphatic carbocycles. The molecule has 1 unspecified atom stereocenters. The second kappa shape index (κ2) is 7.80. The fourth-order valence-electron chi connectivity index (χ4n) is 1.47. The Kier molecular flexibility index (Phi) is 7.10. The van der Waals surface area contributed by atoms with Crippen LogP contribution < -0.4 is 0 Å². The predicted molar refractivity (Wildman–Crippen MR) is 66.5 cm³/mol. The van der Waals surface area contributed by atoms with Crippen molar-refractivity contribution < 1.29 is 9.59 Å². The summed E-state index contributed by atoms with van der Waals surface area (Å²) < 4.78 is 0. The normalized spacial score (nSPS) is 11.0. The highest BCUT2D eigenvalue weighted by molar-refractivity contribution is 5.89. The Morgan fingerprint density at radius 2 is 1.56 bits per heavy atom. The van der Waals surface area contributed by atoms with Crippen molar-refractivity contribution in [3.8, 4) is 0 Å². The molecule has 0 radical (unpaired) electrons. The van der Waals surface area contributed by atoms with Crippen molar-refractivity contribution in [1.82, 2.24) is 0 Å². The van der Waals surface area contributed by atoms with E-state index in [9.17, 15) is 9.59 Å². The van der Waals surface area contributed by atoms with Crippen molar-refractivity contribution in [2.75, 3.05) is 0 Å². The van der Waals surface area contributed by atoms with Gasteiger partial charge in [0, 0.05) is 12.3 Å². The number of ketones is 2. The minimum Gasteiger partial charge on any atom is -0.300 e. The van der Waals surface area contributed by atoms with Gasteiger partial charge < -0.3 is 0 Å². The van der Waals surface area contributed by atoms with Gasteiger partial charge in [0.1, 0.15) is 11.6 Å². The van der Waals surface area contributed by atoms with Gasteiger partial charge in [-0.15, -0.1) is 0 Å². The number of carbonyl (C=O) groups is 2. The molecule has 0 amide bonds. The van der Waals surface area contributed by atoms with Crippen LogP contribution in [0.1, 0.15) is 45.6 Å². The highest BCUT2D eigenvalue weighted by Crippen LogP contribution is 2.20. The Hall–Kier alpha value is -1.44. The van der Waals surface area contributed by atoms with Gasteiger partial charge in [-0.25, -0.2) is 0 Å². The van der Waals surface area contributed by atoms with Crippen molar-refractivity contribution in [3.63, 3.8) is 0 Å². The zero-order valence-electron chi connectivity index (χ0n) is 10.5. The maximum absolute atomic E-state index is 11.3. The van der Waals surface area contributed by atoms with E-state index in [0.29, 0.717) is 6.42 Å². The van der Waals surface area contributed by atoms with Gasteiger partial charge in [0.2, 0.25) is 0 Å². The predicted octanol–water partition coefficient (Wildman–Crippen LogP) is 3.36. The van der Waals surface area contributed by atoms with Gasteiger partial charge in [-0.1, -0.05) is 44.2 Å². The first kappa shape index (κ1) is 14.6. The quantitative estimate of drug-likeness (QED) is 0.779. The van der Waals surface area contributed by atoms with Crippen LogP contribution in [0.15, 0.2) is 30.3 Å². The standard InChI is InChI=1S/C12H14O2.C2H6/c1-9(13)8-12(10(2)14)11-6-4-3-5-7-11;1-2/h3-7,12H,8H2,1-2H3;1-2H3. The lowest BCUT2D eigenvalue weighted by Crippen LogP contribution is -2.12. The molecule has 88 valence electrons. The van der Waals surface area contributed by atoms with E-state index in [1.165, 1.54) is 13.8 Å². The molecule has 0 saturated carbocycles. The Morgan fingerprint density at radius 3 is 1.94 bits per heavy atom. The van der Waals surface area contributed by atoms with Crippen LogP contribution in [0.5, 0.6) is 0 Å². The fourth-order valence-corrected chi connectivity index (χ4v) is 1.47. The Morgan fingerprint density at radius 1 is 1.06 bits per heavy atom. The van der Waals surface area contributed by atoms with Gasteiger partial charge in [0.05, 0.1) is 0 Å². The van der Waals surface area contributed by atoms with E-state index in [1.807, 2.05) is 44.2 Å². The van der Waals surface area contributed by atoms with Crippen LogP contribution in [0.3, 0.4) is 0 Å². The van der Waals surface area contributed by atoms with E-state index in [0.717, 1.165) is 5.56 Å². The summed E-state index contributed by atoms with van der Waals surface area (Å²) in [7, 11) is 0. The van der Waals surface area contributed by atoms with Crippen LogP contribution in [-0.4, -0.2) is 11.6 Å². The fraction of sp³-hybridized carbons (Fsp3) is 0.429. The summed E-state index contributed by atoms with van der Waals surface area (Å²) in [5.74, 6) is -0.172. The largest absolute Gasteiger partial charge is 0.300 e. The molecule has 0 aliphatic heterocycles. The number of rotatable bonds is 4. The summed E-state index contributed by atoms with van der Waals surface area (Å²) in [6.07, 6.45) is 0.305. The third-order valence-electron chi connectivity index (χ3n) is 2.18. The molecule has 1 aromatic carbocycles. The Balaban J connectivity index is 0.00000106. The molecule has 0 aliphatic rings. The molecule has 1 rings (SSSR count). The second-order valence-electron chi connectivity index (χ2n) is 3.48. The van der Waals surface area contributed by atoms with E-state index in [1.54, 1.807) is 0 Å². The second-order valence-corrected chi connectivity index (χ2v) is 3.48. The molecular formula is C14H20O2. The van der Waals surface area contributed by atoms with Crippen LogP contribution in [0.2, 0.25) is 0 Å². The molecule has 0 heterocycles. The summed E-state index contributed by atoms with van der Waals surface area (Å²) in [6.45, 7) is 7.04. The van der Waals surface area contributed by atoms with Gasteiger partial charge in [0.15, 0.2) is 0 Å². The molecule has 0 spiro atoms. The van der Waals surface area contributed by atoms with E-state index < -0.39 is 0 Å². The average Bonchev–Trinajstić information content (AvgIpc) is 2.29. The first-order chi connectivity index (χ1) is 7.61. The highest BCUT2D eigenvalue weighted by atomic mass is 16.1. The van der Waals surface area contributed by atoms with Gasteiger partial charge in [-0.05, 0) is 19.4 Å². The van der Waals surface area contributed by atoms with Crippen molar-refractivity contribution in [2.24, 2.45) is 0 Å². The topological polar surface area (TPSA) is 34.1 Å². The number of carbonyl (C=O) groups excluding carboxylic acids is 2. The zero-order chi connectivity index (χ0) is 12.6. The molecule has 0 aromatic heterocycles. The minimum atomic E-state index is -0.270. The molecule has 2 heteroatoms. The monoisotopic (exact) mass is 220 g/mol. The third kappa shape index (κ3) is 4.87. The van der Waals surface area contributed by atoms with Crippen molar-refractivity contribution in [3.05, 3.63) is 35.9 Å². The van der Waals surface area contributed by atoms with Crippen LogP contribution in [0.25, 0.3) is 0 Å². The van der Waals surface area contributed by atoms with Crippen molar-refractivity contribution in [1.29, 1.82) is 0 Å². The van der Waals surface area contributed by atoms with Crippen molar-refractivity contribution in [2.45, 2.75) is 40.0 Å². The Bertz CT molecular complexity index is 328. The summed E-state index contributed by atoms with van der Waals surface area (Å²) in [4.78, 5) is 22.3. The van der Waals surface area contributed by atoms with Gasteiger partial charge in [0.25, 0.3) is 0 Å². The van der Waals surface area contributed by atoms with Crippen molar-refractivity contribution >= 4 is 11.6 Å². The number of hydrogen-bond acceptors (Lipinski definition) is 2. The van der Waals surface area contributed by atoms with Crippen LogP contribution in [0, 0.1) is 0 Å². The average molecular weight is 220 g/mol. The third-order valence-corrected chi connectivity index (χ3v) is 2.18. The van der Waals surface area contributed by atoms with Crippen LogP contribution in [0.4, 0.5) is 0 Å². The molecular weight excluding hydrogens is 200 g/mol. The summed E-state index contributed by atoms with van der Waals surface area (Å²) in [6, 6.07) is 9.43. The van der Waals surface area contributed by atoms with Gasteiger partial charge in [-0.2, -0.15) is 0 Å². The summed E-state index contributed by atoms with van der Waals surface area (Å²) >= 11 is 0. The maximum Gasteiger partial charge on any atom is 0.137 e. The molecule has 2 nitrogen and oxygen atoms in total. The zero-order valence-corrected chi connectivity index (χ0v) is 10.5. The Labute approximate surface area is 97.7 Å². The van der Waals surface area contributed by atoms with E-state index in [4.69, 9.17) is 0 Å². The molecule has 0 fully saturated rings. The van der Waals surface area contributed by atoms with E-state index >= 15 is 0 Å². The minimum absolute atomic E-state index is 0.0476. The molecule has 0 saturated heterocycles. The van der Waals surface area contributed by atoms with E-state index in [2.05, 4.69) is 0 Å².